The number of carbonyl (C=O) groups is 1. The van der Waals surface area contributed by atoms with Gasteiger partial charge in [-0.05, 0) is 13.3 Å². The number of methoxy groups -OCH3 is 1. The lowest BCUT2D eigenvalue weighted by Gasteiger charge is -2.15. The van der Waals surface area contributed by atoms with E-state index in [4.69, 9.17) is 4.74 Å². The Bertz CT molecular complexity index is 325. The fourth-order valence-electron chi connectivity index (χ4n) is 1.20. The van der Waals surface area contributed by atoms with Gasteiger partial charge >= 0.3 is 0 Å². The van der Waals surface area contributed by atoms with Crippen LogP contribution >= 0.6 is 11.3 Å². The lowest BCUT2D eigenvalue weighted by molar-refractivity contribution is 0.0774. The van der Waals surface area contributed by atoms with Crippen LogP contribution in [0.4, 0.5) is 0 Å². The third kappa shape index (κ3) is 3.60. The Morgan fingerprint density at radius 1 is 1.67 bits per heavy atom. The molecule has 0 unspecified atom stereocenters. The molecule has 0 radical (unpaired) electrons. The molecule has 0 aliphatic heterocycles. The van der Waals surface area contributed by atoms with E-state index in [0.29, 0.717) is 18.8 Å². The number of carbonyl (C=O) groups excluding carboxylic acids is 1. The van der Waals surface area contributed by atoms with Crippen LogP contribution in [0.25, 0.3) is 0 Å². The van der Waals surface area contributed by atoms with Crippen molar-refractivity contribution in [3.8, 4) is 0 Å². The zero-order chi connectivity index (χ0) is 11.3. The molecule has 0 fully saturated rings. The summed E-state index contributed by atoms with van der Waals surface area (Å²) in [4.78, 5) is 17.6. The molecule has 84 valence electrons. The molecule has 0 spiro atoms. The molecule has 1 rings (SSSR count). The minimum Gasteiger partial charge on any atom is -0.385 e. The van der Waals surface area contributed by atoms with E-state index in [-0.39, 0.29) is 5.91 Å². The van der Waals surface area contributed by atoms with E-state index < -0.39 is 0 Å². The Balaban J connectivity index is 2.46. The molecule has 0 aliphatic carbocycles. The van der Waals surface area contributed by atoms with Gasteiger partial charge < -0.3 is 9.64 Å². The normalized spacial score (nSPS) is 10.3. The van der Waals surface area contributed by atoms with Crippen LogP contribution in [0.15, 0.2) is 5.38 Å². The number of aryl methyl sites for hydroxylation is 1. The second-order valence-electron chi connectivity index (χ2n) is 3.32. The van der Waals surface area contributed by atoms with Crippen LogP contribution in [0.2, 0.25) is 0 Å². The average molecular weight is 228 g/mol. The third-order valence-electron chi connectivity index (χ3n) is 2.03. The molecule has 1 aromatic heterocycles. The summed E-state index contributed by atoms with van der Waals surface area (Å²) in [6.07, 6.45) is 0.849. The second-order valence-corrected chi connectivity index (χ2v) is 4.39. The van der Waals surface area contributed by atoms with Crippen molar-refractivity contribution in [1.29, 1.82) is 0 Å². The van der Waals surface area contributed by atoms with Crippen LogP contribution in [0, 0.1) is 6.92 Å². The van der Waals surface area contributed by atoms with E-state index in [2.05, 4.69) is 4.98 Å². The van der Waals surface area contributed by atoms with Gasteiger partial charge in [0.1, 0.15) is 5.69 Å². The van der Waals surface area contributed by atoms with Crippen molar-refractivity contribution in [2.75, 3.05) is 27.3 Å². The molecule has 0 bridgehead atoms. The fourth-order valence-corrected chi connectivity index (χ4v) is 1.79. The van der Waals surface area contributed by atoms with Crippen LogP contribution in [-0.2, 0) is 4.74 Å². The van der Waals surface area contributed by atoms with Crippen molar-refractivity contribution in [2.45, 2.75) is 13.3 Å². The van der Waals surface area contributed by atoms with E-state index in [0.717, 1.165) is 11.4 Å². The maximum absolute atomic E-state index is 11.8. The van der Waals surface area contributed by atoms with Gasteiger partial charge in [0.15, 0.2) is 0 Å². The van der Waals surface area contributed by atoms with Crippen LogP contribution in [-0.4, -0.2) is 43.1 Å². The molecule has 15 heavy (non-hydrogen) atoms. The minimum atomic E-state index is -0.0181. The first-order chi connectivity index (χ1) is 7.15. The summed E-state index contributed by atoms with van der Waals surface area (Å²) in [5, 5.41) is 2.72. The molecule has 4 nitrogen and oxygen atoms in total. The standard InChI is InChI=1S/C10H16N2O2S/c1-8-11-9(7-15-8)10(13)12(2)5-4-6-14-3/h7H,4-6H2,1-3H3. The molecular weight excluding hydrogens is 212 g/mol. The summed E-state index contributed by atoms with van der Waals surface area (Å²) >= 11 is 1.50. The SMILES string of the molecule is COCCCN(C)C(=O)c1csc(C)n1. The van der Waals surface area contributed by atoms with E-state index in [1.807, 2.05) is 6.92 Å². The maximum atomic E-state index is 11.8. The third-order valence-corrected chi connectivity index (χ3v) is 2.80. The smallest absolute Gasteiger partial charge is 0.273 e. The fraction of sp³-hybridized carbons (Fsp3) is 0.600. The molecule has 1 heterocycles. The van der Waals surface area contributed by atoms with Crippen molar-refractivity contribution < 1.29 is 9.53 Å². The van der Waals surface area contributed by atoms with E-state index in [9.17, 15) is 4.79 Å². The largest absolute Gasteiger partial charge is 0.385 e. The summed E-state index contributed by atoms with van der Waals surface area (Å²) < 4.78 is 4.93. The second kappa shape index (κ2) is 5.82. The van der Waals surface area contributed by atoms with Gasteiger partial charge in [0, 0.05) is 32.7 Å². The maximum Gasteiger partial charge on any atom is 0.273 e. The molecule has 1 aromatic rings. The highest BCUT2D eigenvalue weighted by Crippen LogP contribution is 2.09. The Morgan fingerprint density at radius 3 is 2.93 bits per heavy atom. The first kappa shape index (κ1) is 12.1. The lowest BCUT2D eigenvalue weighted by atomic mass is 10.3. The van der Waals surface area contributed by atoms with Gasteiger partial charge in [-0.2, -0.15) is 0 Å². The van der Waals surface area contributed by atoms with Crippen LogP contribution < -0.4 is 0 Å². The summed E-state index contributed by atoms with van der Waals surface area (Å²) in [6.45, 7) is 3.27. The molecule has 0 aromatic carbocycles. The predicted molar refractivity (Wildman–Crippen MR) is 60.3 cm³/mol. The van der Waals surface area contributed by atoms with E-state index >= 15 is 0 Å². The van der Waals surface area contributed by atoms with E-state index in [1.54, 1.807) is 24.4 Å². The van der Waals surface area contributed by atoms with Crippen molar-refractivity contribution in [2.24, 2.45) is 0 Å². The van der Waals surface area contributed by atoms with Crippen LogP contribution in [0.3, 0.4) is 0 Å². The lowest BCUT2D eigenvalue weighted by Crippen LogP contribution is -2.28. The van der Waals surface area contributed by atoms with Crippen LogP contribution in [0.1, 0.15) is 21.9 Å². The van der Waals surface area contributed by atoms with E-state index in [1.165, 1.54) is 11.3 Å². The number of thiazole rings is 1. The Labute approximate surface area is 93.9 Å². The molecule has 0 saturated heterocycles. The molecule has 5 heteroatoms. The molecule has 1 amide bonds. The highest BCUT2D eigenvalue weighted by Gasteiger charge is 2.13. The first-order valence-electron chi connectivity index (χ1n) is 4.81. The van der Waals surface area contributed by atoms with Crippen molar-refractivity contribution >= 4 is 17.2 Å². The summed E-state index contributed by atoms with van der Waals surface area (Å²) in [6, 6.07) is 0. The van der Waals surface area contributed by atoms with Gasteiger partial charge in [0.2, 0.25) is 0 Å². The van der Waals surface area contributed by atoms with Gasteiger partial charge in [-0.15, -0.1) is 11.3 Å². The van der Waals surface area contributed by atoms with Gasteiger partial charge in [0.25, 0.3) is 5.91 Å². The molecule has 0 aliphatic rings. The monoisotopic (exact) mass is 228 g/mol. The highest BCUT2D eigenvalue weighted by molar-refractivity contribution is 7.09. The zero-order valence-electron chi connectivity index (χ0n) is 9.32. The number of aromatic nitrogens is 1. The molecule has 0 saturated carbocycles. The Morgan fingerprint density at radius 2 is 2.40 bits per heavy atom. The number of hydrogen-bond acceptors (Lipinski definition) is 4. The first-order valence-corrected chi connectivity index (χ1v) is 5.69. The number of nitrogens with zero attached hydrogens (tertiary/aromatic N) is 2. The summed E-state index contributed by atoms with van der Waals surface area (Å²) in [5.74, 6) is -0.0181. The Hall–Kier alpha value is -0.940. The highest BCUT2D eigenvalue weighted by atomic mass is 32.1. The zero-order valence-corrected chi connectivity index (χ0v) is 10.1. The minimum absolute atomic E-state index is 0.0181. The number of ether oxygens (including phenoxy) is 1. The van der Waals surface area contributed by atoms with Gasteiger partial charge in [-0.25, -0.2) is 4.98 Å². The quantitative estimate of drug-likeness (QED) is 0.718. The summed E-state index contributed by atoms with van der Waals surface area (Å²) in [5.41, 5.74) is 0.539. The van der Waals surface area contributed by atoms with Gasteiger partial charge in [-0.3, -0.25) is 4.79 Å². The number of rotatable bonds is 5. The summed E-state index contributed by atoms with van der Waals surface area (Å²) in [7, 11) is 3.44. The number of amides is 1. The van der Waals surface area contributed by atoms with Crippen LogP contribution in [0.5, 0.6) is 0 Å². The topological polar surface area (TPSA) is 42.4 Å². The van der Waals surface area contributed by atoms with Gasteiger partial charge in [0.05, 0.1) is 5.01 Å². The van der Waals surface area contributed by atoms with Crippen molar-refractivity contribution in [3.05, 3.63) is 16.1 Å². The molecule has 0 atom stereocenters. The predicted octanol–water partition coefficient (Wildman–Crippen LogP) is 1.56. The van der Waals surface area contributed by atoms with Crippen molar-refractivity contribution in [1.82, 2.24) is 9.88 Å². The van der Waals surface area contributed by atoms with Gasteiger partial charge in [-0.1, -0.05) is 0 Å². The molecular formula is C10H16N2O2S. The average Bonchev–Trinajstić information content (AvgIpc) is 2.64. The van der Waals surface area contributed by atoms with Crippen molar-refractivity contribution in [3.63, 3.8) is 0 Å². The Kier molecular flexibility index (Phi) is 4.71. The molecule has 0 N–H and O–H groups in total. The number of hydrogen-bond donors (Lipinski definition) is 0.